The van der Waals surface area contributed by atoms with E-state index in [1.165, 1.54) is 15.0 Å². The van der Waals surface area contributed by atoms with Gasteiger partial charge in [-0.1, -0.05) is 18.2 Å². The molecule has 0 saturated carbocycles. The van der Waals surface area contributed by atoms with Crippen molar-refractivity contribution in [2.75, 3.05) is 6.54 Å². The predicted molar refractivity (Wildman–Crippen MR) is 57.8 cm³/mol. The number of hydrogen-bond acceptors (Lipinski definition) is 3. The Balaban J connectivity index is 2.49. The van der Waals surface area contributed by atoms with Crippen molar-refractivity contribution >= 4 is 21.4 Å². The molecule has 3 heteroatoms. The maximum absolute atomic E-state index is 5.84. The molecule has 1 atom stereocenters. The molecule has 0 saturated heterocycles. The third-order valence-electron chi connectivity index (χ3n) is 2.06. The largest absolute Gasteiger partial charge is 0.329 e. The fraction of sp³-hybridized carbons (Fsp3) is 0.200. The van der Waals surface area contributed by atoms with Gasteiger partial charge in [-0.25, -0.2) is 0 Å². The van der Waals surface area contributed by atoms with Gasteiger partial charge in [-0.3, -0.25) is 0 Å². The molecule has 0 amide bonds. The molecule has 0 unspecified atom stereocenters. The van der Waals surface area contributed by atoms with Gasteiger partial charge in [-0.2, -0.15) is 0 Å². The molecule has 2 aromatic rings. The van der Waals surface area contributed by atoms with Gasteiger partial charge in [0, 0.05) is 16.1 Å². The average Bonchev–Trinajstić information content (AvgIpc) is 2.59. The molecule has 1 heterocycles. The summed E-state index contributed by atoms with van der Waals surface area (Å²) in [6, 6.07) is 10.4. The second-order valence-electron chi connectivity index (χ2n) is 3.03. The summed E-state index contributed by atoms with van der Waals surface area (Å²) in [5.41, 5.74) is 11.4. The third-order valence-corrected chi connectivity index (χ3v) is 3.31. The summed E-state index contributed by atoms with van der Waals surface area (Å²) in [7, 11) is 0. The minimum atomic E-state index is -0.0163. The summed E-state index contributed by atoms with van der Waals surface area (Å²) in [5, 5.41) is 1.26. The van der Waals surface area contributed by atoms with E-state index in [1.807, 2.05) is 12.1 Å². The first kappa shape index (κ1) is 8.69. The lowest BCUT2D eigenvalue weighted by Crippen LogP contribution is -2.19. The Kier molecular flexibility index (Phi) is 2.31. The highest BCUT2D eigenvalue weighted by Crippen LogP contribution is 2.28. The molecule has 2 rings (SSSR count). The Morgan fingerprint density at radius 1 is 1.31 bits per heavy atom. The Bertz CT molecular complexity index is 375. The van der Waals surface area contributed by atoms with E-state index < -0.39 is 0 Å². The lowest BCUT2D eigenvalue weighted by atomic mass is 10.2. The number of benzene rings is 1. The molecule has 2 nitrogen and oxygen atoms in total. The summed E-state index contributed by atoms with van der Waals surface area (Å²) in [6.07, 6.45) is 0. The Morgan fingerprint density at radius 2 is 2.08 bits per heavy atom. The molecule has 1 aromatic heterocycles. The quantitative estimate of drug-likeness (QED) is 0.763. The van der Waals surface area contributed by atoms with E-state index in [-0.39, 0.29) is 6.04 Å². The standard InChI is InChI=1S/C10H12N2S/c11-6-8(12)10-5-7-3-1-2-4-9(7)13-10/h1-5,8H,6,11-12H2/t8-/m1/s1. The molecular weight excluding hydrogens is 180 g/mol. The fourth-order valence-corrected chi connectivity index (χ4v) is 2.38. The van der Waals surface area contributed by atoms with Crippen molar-refractivity contribution in [1.29, 1.82) is 0 Å². The molecule has 0 radical (unpaired) electrons. The zero-order valence-electron chi connectivity index (χ0n) is 7.23. The highest BCUT2D eigenvalue weighted by Gasteiger charge is 2.07. The minimum Gasteiger partial charge on any atom is -0.329 e. The van der Waals surface area contributed by atoms with Crippen molar-refractivity contribution in [2.45, 2.75) is 6.04 Å². The van der Waals surface area contributed by atoms with Crippen LogP contribution < -0.4 is 11.5 Å². The van der Waals surface area contributed by atoms with Crippen LogP contribution in [0.2, 0.25) is 0 Å². The number of nitrogens with two attached hydrogens (primary N) is 2. The van der Waals surface area contributed by atoms with Crippen LogP contribution >= 0.6 is 11.3 Å². The number of fused-ring (bicyclic) bond motifs is 1. The van der Waals surface area contributed by atoms with E-state index in [9.17, 15) is 0 Å². The second kappa shape index (κ2) is 3.46. The van der Waals surface area contributed by atoms with Gasteiger partial charge in [0.05, 0.1) is 6.04 Å². The molecular formula is C10H12N2S. The van der Waals surface area contributed by atoms with Crippen LogP contribution in [-0.4, -0.2) is 6.54 Å². The lowest BCUT2D eigenvalue weighted by molar-refractivity contribution is 0.752. The van der Waals surface area contributed by atoms with Crippen molar-refractivity contribution in [3.8, 4) is 0 Å². The van der Waals surface area contributed by atoms with Crippen LogP contribution in [0.3, 0.4) is 0 Å². The van der Waals surface area contributed by atoms with Crippen LogP contribution in [0.25, 0.3) is 10.1 Å². The van der Waals surface area contributed by atoms with Gasteiger partial charge in [0.1, 0.15) is 0 Å². The van der Waals surface area contributed by atoms with E-state index in [1.54, 1.807) is 11.3 Å². The zero-order valence-corrected chi connectivity index (χ0v) is 8.05. The van der Waals surface area contributed by atoms with Crippen LogP contribution in [0, 0.1) is 0 Å². The van der Waals surface area contributed by atoms with Crippen LogP contribution in [0.15, 0.2) is 30.3 Å². The maximum Gasteiger partial charge on any atom is 0.0514 e. The SMILES string of the molecule is NC[C@@H](N)c1cc2ccccc2s1. The normalized spacial score (nSPS) is 13.4. The summed E-state index contributed by atoms with van der Waals surface area (Å²) in [5.74, 6) is 0. The van der Waals surface area contributed by atoms with Gasteiger partial charge in [0.15, 0.2) is 0 Å². The van der Waals surface area contributed by atoms with Gasteiger partial charge in [-0.15, -0.1) is 11.3 Å². The first-order valence-electron chi connectivity index (χ1n) is 4.25. The maximum atomic E-state index is 5.84. The van der Waals surface area contributed by atoms with Gasteiger partial charge in [0.2, 0.25) is 0 Å². The van der Waals surface area contributed by atoms with Crippen molar-refractivity contribution in [3.05, 3.63) is 35.2 Å². The van der Waals surface area contributed by atoms with Crippen molar-refractivity contribution in [3.63, 3.8) is 0 Å². The first-order valence-corrected chi connectivity index (χ1v) is 5.07. The topological polar surface area (TPSA) is 52.0 Å². The van der Waals surface area contributed by atoms with Crippen LogP contribution in [0.5, 0.6) is 0 Å². The summed E-state index contributed by atoms with van der Waals surface area (Å²) >= 11 is 1.72. The number of rotatable bonds is 2. The molecule has 0 fully saturated rings. The van der Waals surface area contributed by atoms with E-state index >= 15 is 0 Å². The van der Waals surface area contributed by atoms with Crippen molar-refractivity contribution in [2.24, 2.45) is 11.5 Å². The molecule has 4 N–H and O–H groups in total. The molecule has 68 valence electrons. The smallest absolute Gasteiger partial charge is 0.0514 e. The molecule has 0 aliphatic heterocycles. The van der Waals surface area contributed by atoms with Crippen LogP contribution in [0.4, 0.5) is 0 Å². The van der Waals surface area contributed by atoms with Crippen molar-refractivity contribution in [1.82, 2.24) is 0 Å². The van der Waals surface area contributed by atoms with E-state index in [0.29, 0.717) is 6.54 Å². The van der Waals surface area contributed by atoms with Crippen LogP contribution in [-0.2, 0) is 0 Å². The Labute approximate surface area is 81.2 Å². The van der Waals surface area contributed by atoms with Gasteiger partial charge < -0.3 is 11.5 Å². The Morgan fingerprint density at radius 3 is 2.77 bits per heavy atom. The molecule has 13 heavy (non-hydrogen) atoms. The first-order chi connectivity index (χ1) is 6.31. The Hall–Kier alpha value is -0.900. The van der Waals surface area contributed by atoms with Crippen molar-refractivity contribution < 1.29 is 0 Å². The molecule has 0 spiro atoms. The average molecular weight is 192 g/mol. The third kappa shape index (κ3) is 1.58. The summed E-state index contributed by atoms with van der Waals surface area (Å²) < 4.78 is 1.28. The van der Waals surface area contributed by atoms with E-state index in [2.05, 4.69) is 18.2 Å². The summed E-state index contributed by atoms with van der Waals surface area (Å²) in [4.78, 5) is 1.17. The molecule has 0 aliphatic carbocycles. The molecule has 0 bridgehead atoms. The summed E-state index contributed by atoms with van der Waals surface area (Å²) in [6.45, 7) is 0.507. The highest BCUT2D eigenvalue weighted by atomic mass is 32.1. The second-order valence-corrected chi connectivity index (χ2v) is 4.14. The lowest BCUT2D eigenvalue weighted by Gasteiger charge is -2.02. The monoisotopic (exact) mass is 192 g/mol. The number of hydrogen-bond donors (Lipinski definition) is 2. The van der Waals surface area contributed by atoms with E-state index in [0.717, 1.165) is 0 Å². The van der Waals surface area contributed by atoms with Gasteiger partial charge in [0.25, 0.3) is 0 Å². The molecule has 1 aromatic carbocycles. The van der Waals surface area contributed by atoms with Gasteiger partial charge in [-0.05, 0) is 17.5 Å². The van der Waals surface area contributed by atoms with E-state index in [4.69, 9.17) is 11.5 Å². The highest BCUT2D eigenvalue weighted by molar-refractivity contribution is 7.19. The van der Waals surface area contributed by atoms with Crippen LogP contribution in [0.1, 0.15) is 10.9 Å². The number of thiophene rings is 1. The minimum absolute atomic E-state index is 0.0163. The molecule has 0 aliphatic rings. The van der Waals surface area contributed by atoms with Gasteiger partial charge >= 0.3 is 0 Å². The predicted octanol–water partition coefficient (Wildman–Crippen LogP) is 1.86. The zero-order chi connectivity index (χ0) is 9.26. The fourth-order valence-electron chi connectivity index (χ4n) is 1.30.